The van der Waals surface area contributed by atoms with E-state index in [2.05, 4.69) is 49.5 Å². The molecule has 0 radical (unpaired) electrons. The molecule has 4 aromatic carbocycles. The molecule has 57 heavy (non-hydrogen) atoms. The number of ether oxygens (including phenoxy) is 2. The Morgan fingerprint density at radius 2 is 1.11 bits per heavy atom. The molecule has 6 aromatic rings. The second kappa shape index (κ2) is 17.5. The number of nitrogens with zero attached hydrogens (tertiary/aromatic N) is 3. The van der Waals surface area contributed by atoms with Crippen molar-refractivity contribution in [2.45, 2.75) is 57.7 Å². The molecule has 0 aliphatic carbocycles. The van der Waals surface area contributed by atoms with Crippen LogP contribution < -0.4 is 25.9 Å². The Morgan fingerprint density at radius 1 is 0.684 bits per heavy atom. The van der Waals surface area contributed by atoms with E-state index in [0.717, 1.165) is 63.0 Å². The molecule has 1 amide bonds. The van der Waals surface area contributed by atoms with Gasteiger partial charge in [0.15, 0.2) is 0 Å². The Balaban J connectivity index is 0.000000175. The van der Waals surface area contributed by atoms with Crippen molar-refractivity contribution >= 4 is 27.7 Å². The van der Waals surface area contributed by atoms with Gasteiger partial charge in [-0.1, -0.05) is 48.5 Å². The van der Waals surface area contributed by atoms with Gasteiger partial charge in [0.25, 0.3) is 11.1 Å². The fourth-order valence-electron chi connectivity index (χ4n) is 7.87. The summed E-state index contributed by atoms with van der Waals surface area (Å²) in [6.07, 6.45) is 4.20. The van der Waals surface area contributed by atoms with Gasteiger partial charge < -0.3 is 39.9 Å². The van der Waals surface area contributed by atoms with Gasteiger partial charge in [-0.3, -0.25) is 14.4 Å². The van der Waals surface area contributed by atoms with Gasteiger partial charge in [-0.2, -0.15) is 0 Å². The van der Waals surface area contributed by atoms with Gasteiger partial charge in [-0.15, -0.1) is 0 Å². The summed E-state index contributed by atoms with van der Waals surface area (Å²) in [7, 11) is 2.99. The summed E-state index contributed by atoms with van der Waals surface area (Å²) >= 11 is 0. The zero-order valence-corrected chi connectivity index (χ0v) is 32.4. The Labute approximate surface area is 329 Å². The summed E-state index contributed by atoms with van der Waals surface area (Å²) in [6, 6.07) is 23.1. The van der Waals surface area contributed by atoms with Crippen LogP contribution >= 0.6 is 0 Å². The monoisotopic (exact) mass is 772 g/mol. The van der Waals surface area contributed by atoms with E-state index in [4.69, 9.17) is 9.47 Å². The van der Waals surface area contributed by atoms with Crippen LogP contribution in [0.15, 0.2) is 82.4 Å². The molecule has 0 bridgehead atoms. The van der Waals surface area contributed by atoms with E-state index in [-0.39, 0.29) is 30.2 Å². The summed E-state index contributed by atoms with van der Waals surface area (Å²) in [4.78, 5) is 53.6. The summed E-state index contributed by atoms with van der Waals surface area (Å²) in [5.74, 6) is 2.94. The molecule has 0 atom stereocenters. The van der Waals surface area contributed by atoms with E-state index in [1.165, 1.54) is 25.3 Å². The van der Waals surface area contributed by atoms with Crippen molar-refractivity contribution in [2.75, 3.05) is 40.4 Å². The first kappa shape index (κ1) is 39.3. The van der Waals surface area contributed by atoms with Crippen molar-refractivity contribution in [3.63, 3.8) is 0 Å². The van der Waals surface area contributed by atoms with Crippen molar-refractivity contribution in [3.05, 3.63) is 116 Å². The van der Waals surface area contributed by atoms with E-state index < -0.39 is 0 Å². The third-order valence-corrected chi connectivity index (χ3v) is 11.1. The SMILES string of the molecule is COc1cc(CO)cc2nc(-c3ccc(C4CCN(C(C)=O)CC4)cc3)[nH]c(=O)c12.COc1cc(CO)cc2nc(-c3ccc(C4CCNCC4)cc3)[nH]c(=O)c12. The minimum absolute atomic E-state index is 0.135. The zero-order chi connectivity index (χ0) is 40.1. The van der Waals surface area contributed by atoms with Crippen LogP contribution in [0.3, 0.4) is 0 Å². The van der Waals surface area contributed by atoms with Gasteiger partial charge in [-0.25, -0.2) is 9.97 Å². The van der Waals surface area contributed by atoms with Gasteiger partial charge in [0, 0.05) is 31.1 Å². The van der Waals surface area contributed by atoms with E-state index in [1.54, 1.807) is 31.2 Å². The summed E-state index contributed by atoms with van der Waals surface area (Å²) in [5.41, 5.74) is 5.99. The maximum absolute atomic E-state index is 12.7. The van der Waals surface area contributed by atoms with Crippen LogP contribution in [0.5, 0.6) is 11.5 Å². The van der Waals surface area contributed by atoms with Gasteiger partial charge in [0.2, 0.25) is 5.91 Å². The number of benzene rings is 4. The number of hydrogen-bond donors (Lipinski definition) is 5. The Hall–Kier alpha value is -5.89. The first-order valence-electron chi connectivity index (χ1n) is 19.3. The highest BCUT2D eigenvalue weighted by atomic mass is 16.5. The Morgan fingerprint density at radius 3 is 1.49 bits per heavy atom. The van der Waals surface area contributed by atoms with E-state index >= 15 is 0 Å². The number of aliphatic hydroxyl groups excluding tert-OH is 2. The number of carbonyl (C=O) groups excluding carboxylic acids is 1. The number of piperidine rings is 2. The van der Waals surface area contributed by atoms with Crippen LogP contribution in [-0.4, -0.2) is 81.4 Å². The highest BCUT2D eigenvalue weighted by Gasteiger charge is 2.22. The lowest BCUT2D eigenvalue weighted by Crippen LogP contribution is -2.36. The third-order valence-electron chi connectivity index (χ3n) is 11.1. The Kier molecular flexibility index (Phi) is 12.1. The van der Waals surface area contributed by atoms with Crippen molar-refractivity contribution < 1.29 is 24.5 Å². The molecule has 2 fully saturated rings. The molecule has 2 aliphatic heterocycles. The van der Waals surface area contributed by atoms with Crippen LogP contribution in [0.25, 0.3) is 44.6 Å². The fraction of sp³-hybridized carbons (Fsp3) is 0.341. The highest BCUT2D eigenvalue weighted by Crippen LogP contribution is 2.31. The maximum Gasteiger partial charge on any atom is 0.262 e. The summed E-state index contributed by atoms with van der Waals surface area (Å²) in [5, 5.41) is 23.1. The van der Waals surface area contributed by atoms with Crippen LogP contribution in [0, 0.1) is 0 Å². The standard InChI is InChI=1S/C23H25N3O4.C21H23N3O3/c1-14(28)26-9-7-17(8-10-26)16-3-5-18(6-4-16)22-24-19-11-15(13-27)12-20(30-2)21(19)23(29)25-22;1-27-18-11-13(12-25)10-17-19(18)21(26)24-20(23-17)16-4-2-14(3-5-16)15-6-8-22-9-7-15/h3-6,11-12,17,27H,7-10,13H2,1-2H3,(H,24,25,29);2-5,10-11,15,22,25H,6-9,12H2,1H3,(H,23,24,26). The van der Waals surface area contributed by atoms with Crippen molar-refractivity contribution in [1.82, 2.24) is 30.2 Å². The second-order valence-corrected chi connectivity index (χ2v) is 14.6. The predicted octanol–water partition coefficient (Wildman–Crippen LogP) is 5.37. The molecule has 4 heterocycles. The molecule has 13 nitrogen and oxygen atoms in total. The number of methoxy groups -OCH3 is 2. The van der Waals surface area contributed by atoms with Gasteiger partial charge >= 0.3 is 0 Å². The second-order valence-electron chi connectivity index (χ2n) is 14.6. The van der Waals surface area contributed by atoms with Crippen molar-refractivity contribution in [3.8, 4) is 34.3 Å². The fourth-order valence-corrected chi connectivity index (χ4v) is 7.87. The molecular weight excluding hydrogens is 725 g/mol. The van der Waals surface area contributed by atoms with Gasteiger partial charge in [-0.05, 0) is 97.1 Å². The molecule has 13 heteroatoms. The number of aliphatic hydroxyl groups is 2. The van der Waals surface area contributed by atoms with Crippen LogP contribution in [-0.2, 0) is 18.0 Å². The Bertz CT molecular complexity index is 2480. The highest BCUT2D eigenvalue weighted by molar-refractivity contribution is 5.87. The normalized spacial score (nSPS) is 15.0. The average molecular weight is 773 g/mol. The molecule has 5 N–H and O–H groups in total. The lowest BCUT2D eigenvalue weighted by atomic mass is 9.89. The third kappa shape index (κ3) is 8.60. The average Bonchev–Trinajstić information content (AvgIpc) is 3.26. The molecule has 0 saturated carbocycles. The minimum Gasteiger partial charge on any atom is -0.496 e. The van der Waals surface area contributed by atoms with E-state index in [0.29, 0.717) is 67.9 Å². The van der Waals surface area contributed by atoms with Crippen LogP contribution in [0.1, 0.15) is 66.7 Å². The number of hydrogen-bond acceptors (Lipinski definition) is 10. The number of rotatable bonds is 8. The number of nitrogens with one attached hydrogen (secondary N) is 3. The largest absolute Gasteiger partial charge is 0.496 e. The first-order valence-corrected chi connectivity index (χ1v) is 19.3. The number of aromatic amines is 2. The molecule has 0 spiro atoms. The molecule has 2 aromatic heterocycles. The quantitative estimate of drug-likeness (QED) is 0.135. The summed E-state index contributed by atoms with van der Waals surface area (Å²) < 4.78 is 10.6. The number of aromatic nitrogens is 4. The topological polar surface area (TPSA) is 183 Å². The zero-order valence-electron chi connectivity index (χ0n) is 32.4. The number of likely N-dealkylation sites (tertiary alicyclic amines) is 1. The van der Waals surface area contributed by atoms with Crippen LogP contribution in [0.4, 0.5) is 0 Å². The van der Waals surface area contributed by atoms with Gasteiger partial charge in [0.05, 0.1) is 38.5 Å². The molecule has 2 aliphatic rings. The molecule has 8 rings (SSSR count). The number of fused-ring (bicyclic) bond motifs is 2. The smallest absolute Gasteiger partial charge is 0.262 e. The number of amides is 1. The van der Waals surface area contributed by atoms with Gasteiger partial charge in [0.1, 0.15) is 33.9 Å². The predicted molar refractivity (Wildman–Crippen MR) is 220 cm³/mol. The minimum atomic E-state index is -0.281. The van der Waals surface area contributed by atoms with Crippen molar-refractivity contribution in [1.29, 1.82) is 0 Å². The summed E-state index contributed by atoms with van der Waals surface area (Å²) in [6.45, 7) is 5.01. The van der Waals surface area contributed by atoms with E-state index in [9.17, 15) is 24.6 Å². The molecule has 0 unspecified atom stereocenters. The van der Waals surface area contributed by atoms with Crippen molar-refractivity contribution in [2.24, 2.45) is 0 Å². The molecular formula is C44H48N6O7. The molecule has 296 valence electrons. The number of carbonyl (C=O) groups is 1. The lowest BCUT2D eigenvalue weighted by molar-refractivity contribution is -0.129. The number of H-pyrrole nitrogens is 2. The van der Waals surface area contributed by atoms with E-state index in [1.807, 2.05) is 29.2 Å². The lowest BCUT2D eigenvalue weighted by Gasteiger charge is -2.31. The molecule has 2 saturated heterocycles. The van der Waals surface area contributed by atoms with Crippen LogP contribution in [0.2, 0.25) is 0 Å². The first-order chi connectivity index (χ1) is 27.7. The maximum atomic E-state index is 12.7.